The van der Waals surface area contributed by atoms with Crippen molar-refractivity contribution in [2.24, 2.45) is 11.8 Å². The molecular formula is C13H28N2. The Morgan fingerprint density at radius 2 is 1.80 bits per heavy atom. The molecule has 0 aliphatic carbocycles. The lowest BCUT2D eigenvalue weighted by molar-refractivity contribution is 0.101. The van der Waals surface area contributed by atoms with E-state index in [1.54, 1.807) is 0 Å². The fourth-order valence-corrected chi connectivity index (χ4v) is 2.51. The van der Waals surface area contributed by atoms with Gasteiger partial charge in [-0.2, -0.15) is 0 Å². The van der Waals surface area contributed by atoms with Crippen LogP contribution in [-0.4, -0.2) is 37.1 Å². The van der Waals surface area contributed by atoms with E-state index in [1.807, 2.05) is 0 Å². The van der Waals surface area contributed by atoms with Gasteiger partial charge in [-0.3, -0.25) is 0 Å². The number of rotatable bonds is 4. The van der Waals surface area contributed by atoms with Crippen LogP contribution >= 0.6 is 0 Å². The van der Waals surface area contributed by atoms with Crippen molar-refractivity contribution in [1.29, 1.82) is 0 Å². The Bertz CT molecular complexity index is 181. The zero-order chi connectivity index (χ0) is 11.4. The highest BCUT2D eigenvalue weighted by atomic mass is 15.2. The molecule has 0 bridgehead atoms. The summed E-state index contributed by atoms with van der Waals surface area (Å²) in [6.07, 6.45) is 2.56. The van der Waals surface area contributed by atoms with Crippen LogP contribution in [0.5, 0.6) is 0 Å². The molecule has 0 aromatic carbocycles. The van der Waals surface area contributed by atoms with Crippen molar-refractivity contribution in [3.63, 3.8) is 0 Å². The van der Waals surface area contributed by atoms with Crippen LogP contribution in [0.3, 0.4) is 0 Å². The second-order valence-corrected chi connectivity index (χ2v) is 5.29. The maximum Gasteiger partial charge on any atom is 0.0243 e. The van der Waals surface area contributed by atoms with Crippen molar-refractivity contribution in [3.8, 4) is 0 Å². The summed E-state index contributed by atoms with van der Waals surface area (Å²) in [6.45, 7) is 11.7. The van der Waals surface area contributed by atoms with Gasteiger partial charge < -0.3 is 10.2 Å². The highest BCUT2D eigenvalue weighted by Gasteiger charge is 2.29. The molecule has 1 saturated heterocycles. The molecule has 0 radical (unpaired) electrons. The van der Waals surface area contributed by atoms with E-state index >= 15 is 0 Å². The monoisotopic (exact) mass is 212 g/mol. The van der Waals surface area contributed by atoms with Gasteiger partial charge in [0.15, 0.2) is 0 Å². The van der Waals surface area contributed by atoms with Gasteiger partial charge in [-0.05, 0) is 18.9 Å². The molecule has 0 amide bonds. The smallest absolute Gasteiger partial charge is 0.0243 e. The standard InChI is InChI=1S/C13H28N2/c1-6-10(3)12-9-15(5)13(8-14-12)11(4)7-2/h10-14H,6-9H2,1-5H3. The van der Waals surface area contributed by atoms with Crippen LogP contribution < -0.4 is 5.32 Å². The number of hydrogen-bond donors (Lipinski definition) is 1. The molecule has 1 heterocycles. The molecule has 1 rings (SSSR count). The third-order valence-electron chi connectivity index (χ3n) is 4.27. The van der Waals surface area contributed by atoms with E-state index in [0.29, 0.717) is 6.04 Å². The van der Waals surface area contributed by atoms with Crippen molar-refractivity contribution in [2.45, 2.75) is 52.6 Å². The van der Waals surface area contributed by atoms with E-state index in [0.717, 1.165) is 17.9 Å². The van der Waals surface area contributed by atoms with Crippen molar-refractivity contribution < 1.29 is 0 Å². The van der Waals surface area contributed by atoms with E-state index in [1.165, 1.54) is 25.9 Å². The topological polar surface area (TPSA) is 15.3 Å². The van der Waals surface area contributed by atoms with Crippen LogP contribution in [0.2, 0.25) is 0 Å². The largest absolute Gasteiger partial charge is 0.311 e. The Morgan fingerprint density at radius 1 is 1.20 bits per heavy atom. The summed E-state index contributed by atoms with van der Waals surface area (Å²) in [6, 6.07) is 1.43. The Hall–Kier alpha value is -0.0800. The second kappa shape index (κ2) is 5.86. The van der Waals surface area contributed by atoms with Crippen molar-refractivity contribution in [1.82, 2.24) is 10.2 Å². The molecule has 4 unspecified atom stereocenters. The third-order valence-corrected chi connectivity index (χ3v) is 4.27. The van der Waals surface area contributed by atoms with Gasteiger partial charge in [-0.15, -0.1) is 0 Å². The first-order valence-electron chi connectivity index (χ1n) is 6.53. The summed E-state index contributed by atoms with van der Waals surface area (Å²) in [5, 5.41) is 3.72. The van der Waals surface area contributed by atoms with Gasteiger partial charge in [0.2, 0.25) is 0 Å². The first-order chi connectivity index (χ1) is 7.10. The van der Waals surface area contributed by atoms with Crippen LogP contribution in [0, 0.1) is 11.8 Å². The Kier molecular flexibility index (Phi) is 5.07. The average Bonchev–Trinajstić information content (AvgIpc) is 2.26. The summed E-state index contributed by atoms with van der Waals surface area (Å²) in [5.74, 6) is 1.60. The minimum atomic E-state index is 0.695. The summed E-state index contributed by atoms with van der Waals surface area (Å²) in [7, 11) is 2.28. The van der Waals surface area contributed by atoms with E-state index in [4.69, 9.17) is 0 Å². The minimum absolute atomic E-state index is 0.695. The summed E-state index contributed by atoms with van der Waals surface area (Å²) < 4.78 is 0. The molecule has 1 fully saturated rings. The fraction of sp³-hybridized carbons (Fsp3) is 1.00. The molecule has 1 aliphatic rings. The predicted octanol–water partition coefficient (Wildman–Crippen LogP) is 2.35. The van der Waals surface area contributed by atoms with Crippen LogP contribution in [0.1, 0.15) is 40.5 Å². The van der Waals surface area contributed by atoms with Crippen molar-refractivity contribution in [2.75, 3.05) is 20.1 Å². The molecular weight excluding hydrogens is 184 g/mol. The van der Waals surface area contributed by atoms with E-state index in [9.17, 15) is 0 Å². The number of nitrogens with zero attached hydrogens (tertiary/aromatic N) is 1. The van der Waals surface area contributed by atoms with Gasteiger partial charge in [0.1, 0.15) is 0 Å². The lowest BCUT2D eigenvalue weighted by Crippen LogP contribution is -2.58. The van der Waals surface area contributed by atoms with Gasteiger partial charge in [-0.1, -0.05) is 40.5 Å². The summed E-state index contributed by atoms with van der Waals surface area (Å²) in [5.41, 5.74) is 0. The highest BCUT2D eigenvalue weighted by molar-refractivity contribution is 4.88. The average molecular weight is 212 g/mol. The number of likely N-dealkylation sites (N-methyl/N-ethyl adjacent to an activating group) is 1. The predicted molar refractivity (Wildman–Crippen MR) is 67.1 cm³/mol. The minimum Gasteiger partial charge on any atom is -0.311 e. The van der Waals surface area contributed by atoms with E-state index in [2.05, 4.69) is 45.0 Å². The molecule has 0 aromatic heterocycles. The molecule has 4 atom stereocenters. The molecule has 15 heavy (non-hydrogen) atoms. The summed E-state index contributed by atoms with van der Waals surface area (Å²) in [4.78, 5) is 2.56. The normalized spacial score (nSPS) is 32.6. The first kappa shape index (κ1) is 13.0. The molecule has 1 aliphatic heterocycles. The lowest BCUT2D eigenvalue weighted by atomic mass is 9.91. The molecule has 1 N–H and O–H groups in total. The van der Waals surface area contributed by atoms with Crippen molar-refractivity contribution in [3.05, 3.63) is 0 Å². The summed E-state index contributed by atoms with van der Waals surface area (Å²) >= 11 is 0. The quantitative estimate of drug-likeness (QED) is 0.769. The second-order valence-electron chi connectivity index (χ2n) is 5.29. The fourth-order valence-electron chi connectivity index (χ4n) is 2.51. The molecule has 0 aromatic rings. The third kappa shape index (κ3) is 3.18. The van der Waals surface area contributed by atoms with Gasteiger partial charge >= 0.3 is 0 Å². The molecule has 2 nitrogen and oxygen atoms in total. The van der Waals surface area contributed by atoms with Gasteiger partial charge in [-0.25, -0.2) is 0 Å². The number of hydrogen-bond acceptors (Lipinski definition) is 2. The lowest BCUT2D eigenvalue weighted by Gasteiger charge is -2.42. The molecule has 90 valence electrons. The zero-order valence-corrected chi connectivity index (χ0v) is 11.1. The molecule has 2 heteroatoms. The maximum absolute atomic E-state index is 3.72. The van der Waals surface area contributed by atoms with E-state index < -0.39 is 0 Å². The number of piperazine rings is 1. The van der Waals surface area contributed by atoms with Crippen LogP contribution in [0.15, 0.2) is 0 Å². The Balaban J connectivity index is 2.47. The highest BCUT2D eigenvalue weighted by Crippen LogP contribution is 2.19. The Labute approximate surface area is 95.4 Å². The Morgan fingerprint density at radius 3 is 2.27 bits per heavy atom. The van der Waals surface area contributed by atoms with Crippen LogP contribution in [0.4, 0.5) is 0 Å². The first-order valence-corrected chi connectivity index (χ1v) is 6.53. The zero-order valence-electron chi connectivity index (χ0n) is 11.1. The van der Waals surface area contributed by atoms with Crippen molar-refractivity contribution >= 4 is 0 Å². The van der Waals surface area contributed by atoms with E-state index in [-0.39, 0.29) is 0 Å². The maximum atomic E-state index is 3.72. The van der Waals surface area contributed by atoms with Crippen LogP contribution in [0.25, 0.3) is 0 Å². The van der Waals surface area contributed by atoms with Gasteiger partial charge in [0, 0.05) is 25.2 Å². The number of nitrogens with one attached hydrogen (secondary N) is 1. The molecule has 0 spiro atoms. The molecule has 0 saturated carbocycles. The van der Waals surface area contributed by atoms with Crippen LogP contribution in [-0.2, 0) is 0 Å². The van der Waals surface area contributed by atoms with Gasteiger partial charge in [0.05, 0.1) is 0 Å². The van der Waals surface area contributed by atoms with Gasteiger partial charge in [0.25, 0.3) is 0 Å². The SMILES string of the molecule is CCC(C)C1CN(C)C(C(C)CC)CN1.